The second kappa shape index (κ2) is 8.45. The minimum atomic E-state index is -0.622. The van der Waals surface area contributed by atoms with Crippen molar-refractivity contribution in [2.24, 2.45) is 0 Å². The molecule has 2 atom stereocenters. The Morgan fingerprint density at radius 2 is 2.03 bits per heavy atom. The molecule has 1 fully saturated rings. The van der Waals surface area contributed by atoms with E-state index < -0.39 is 6.10 Å². The van der Waals surface area contributed by atoms with Gasteiger partial charge in [-0.1, -0.05) is 11.2 Å². The molecule has 1 aromatic carbocycles. The van der Waals surface area contributed by atoms with Crippen LogP contribution in [0.1, 0.15) is 60.5 Å². The van der Waals surface area contributed by atoms with E-state index >= 15 is 0 Å². The number of rotatable bonds is 4. The van der Waals surface area contributed by atoms with Crippen LogP contribution < -0.4 is 10.9 Å². The van der Waals surface area contributed by atoms with E-state index in [1.807, 2.05) is 13.0 Å². The molecule has 3 aromatic rings. The van der Waals surface area contributed by atoms with E-state index in [0.29, 0.717) is 31.1 Å². The summed E-state index contributed by atoms with van der Waals surface area (Å²) in [5, 5.41) is 16.8. The van der Waals surface area contributed by atoms with Crippen molar-refractivity contribution in [3.8, 4) is 0 Å². The lowest BCUT2D eigenvalue weighted by Gasteiger charge is -2.31. The van der Waals surface area contributed by atoms with Crippen molar-refractivity contribution in [3.05, 3.63) is 51.3 Å². The highest BCUT2D eigenvalue weighted by atomic mass is 31.0. The maximum absolute atomic E-state index is 13.0. The minimum Gasteiger partial charge on any atom is -0.385 e. The summed E-state index contributed by atoms with van der Waals surface area (Å²) in [4.78, 5) is 20.0. The molecule has 164 valence electrons. The molecule has 8 heteroatoms. The first kappa shape index (κ1) is 20.8. The fraction of sp³-hybridized carbons (Fsp3) is 0.522. The Kier molecular flexibility index (Phi) is 5.67. The van der Waals surface area contributed by atoms with Gasteiger partial charge in [0.15, 0.2) is 5.58 Å². The molecule has 5 rings (SSSR count). The molecule has 0 bridgehead atoms. The topological polar surface area (TPSA) is 84.4 Å². The van der Waals surface area contributed by atoms with E-state index in [9.17, 15) is 9.90 Å². The Morgan fingerprint density at radius 3 is 2.84 bits per heavy atom. The van der Waals surface area contributed by atoms with Gasteiger partial charge in [0.2, 0.25) is 0 Å². The molecule has 1 saturated heterocycles. The van der Waals surface area contributed by atoms with Gasteiger partial charge in [0.1, 0.15) is 11.9 Å². The van der Waals surface area contributed by atoms with E-state index in [4.69, 9.17) is 4.52 Å². The molecule has 0 aliphatic carbocycles. The lowest BCUT2D eigenvalue weighted by atomic mass is 9.91. The van der Waals surface area contributed by atoms with Gasteiger partial charge in [-0.2, -0.15) is 0 Å². The Bertz CT molecular complexity index is 1160. The number of likely N-dealkylation sites (tertiary alicyclic amines) is 1. The molecule has 0 radical (unpaired) electrons. The highest BCUT2D eigenvalue weighted by molar-refractivity contribution is 7.27. The van der Waals surface area contributed by atoms with Crippen LogP contribution in [-0.2, 0) is 13.0 Å². The second-order valence-electron chi connectivity index (χ2n) is 8.84. The Balaban J connectivity index is 1.24. The highest BCUT2D eigenvalue weighted by Gasteiger charge is 2.26. The van der Waals surface area contributed by atoms with Gasteiger partial charge in [-0.25, -0.2) is 4.98 Å². The third kappa shape index (κ3) is 3.95. The quantitative estimate of drug-likeness (QED) is 0.628. The molecule has 0 spiro atoms. The second-order valence-corrected chi connectivity index (χ2v) is 9.50. The number of piperidine rings is 1. The molecular formula is C23H29N4O3P. The van der Waals surface area contributed by atoms with Crippen molar-refractivity contribution >= 4 is 25.5 Å². The average Bonchev–Trinajstić information content (AvgIpc) is 3.18. The molecule has 2 unspecified atom stereocenters. The molecular weight excluding hydrogens is 411 g/mol. The maximum Gasteiger partial charge on any atom is 0.257 e. The SMILES string of the molecule is Cc1nc2n(c(=O)c1CCN1CCC(c3noc4cc(P)ccc34)CC1)CCCC2O. The van der Waals surface area contributed by atoms with E-state index in [0.717, 1.165) is 72.1 Å². The molecule has 2 aliphatic rings. The van der Waals surface area contributed by atoms with Gasteiger partial charge in [0, 0.05) is 35.7 Å². The van der Waals surface area contributed by atoms with Crippen molar-refractivity contribution in [3.63, 3.8) is 0 Å². The van der Waals surface area contributed by atoms with Gasteiger partial charge in [0.05, 0.1) is 5.69 Å². The van der Waals surface area contributed by atoms with Crippen molar-refractivity contribution in [2.75, 3.05) is 19.6 Å². The summed E-state index contributed by atoms with van der Waals surface area (Å²) in [6, 6.07) is 6.19. The normalized spacial score (nSPS) is 20.3. The number of fused-ring (bicyclic) bond motifs is 2. The summed E-state index contributed by atoms with van der Waals surface area (Å²) >= 11 is 0. The first-order valence-electron chi connectivity index (χ1n) is 11.2. The number of hydrogen-bond donors (Lipinski definition) is 1. The Morgan fingerprint density at radius 1 is 1.23 bits per heavy atom. The van der Waals surface area contributed by atoms with Crippen LogP contribution in [0.4, 0.5) is 0 Å². The van der Waals surface area contributed by atoms with Crippen LogP contribution >= 0.6 is 9.24 Å². The average molecular weight is 440 g/mol. The molecule has 1 N–H and O–H groups in total. The van der Waals surface area contributed by atoms with E-state index in [2.05, 4.69) is 36.4 Å². The molecule has 0 saturated carbocycles. The van der Waals surface area contributed by atoms with Crippen LogP contribution in [-0.4, -0.2) is 44.3 Å². The van der Waals surface area contributed by atoms with Crippen LogP contribution in [0.15, 0.2) is 27.5 Å². The lowest BCUT2D eigenvalue weighted by Crippen LogP contribution is -2.37. The lowest BCUT2D eigenvalue weighted by molar-refractivity contribution is 0.129. The standard InChI is InChI=1S/C23H29N4O3P/c1-14-17(23(29)27-9-2-3-19(28)22(27)24-14)8-12-26-10-6-15(7-11-26)21-18-5-4-16(31)13-20(18)30-25-21/h4-5,13,15,19,28H,2-3,6-12,31H2,1H3. The fourth-order valence-electron chi connectivity index (χ4n) is 5.02. The summed E-state index contributed by atoms with van der Waals surface area (Å²) in [7, 11) is 2.69. The van der Waals surface area contributed by atoms with Crippen LogP contribution in [0, 0.1) is 6.92 Å². The van der Waals surface area contributed by atoms with Crippen LogP contribution in [0.2, 0.25) is 0 Å². The van der Waals surface area contributed by atoms with Crippen LogP contribution in [0.3, 0.4) is 0 Å². The van der Waals surface area contributed by atoms with Gasteiger partial charge in [-0.05, 0) is 69.6 Å². The van der Waals surface area contributed by atoms with Gasteiger partial charge in [-0.3, -0.25) is 9.36 Å². The van der Waals surface area contributed by atoms with E-state index in [-0.39, 0.29) is 5.56 Å². The van der Waals surface area contributed by atoms with E-state index in [1.165, 1.54) is 0 Å². The number of aryl methyl sites for hydroxylation is 1. The summed E-state index contributed by atoms with van der Waals surface area (Å²) in [6.07, 6.45) is 3.65. The zero-order valence-corrected chi connectivity index (χ0v) is 19.0. The largest absolute Gasteiger partial charge is 0.385 e. The number of aliphatic hydroxyl groups excluding tert-OH is 1. The predicted octanol–water partition coefficient (Wildman–Crippen LogP) is 2.44. The molecule has 2 aromatic heterocycles. The van der Waals surface area contributed by atoms with Gasteiger partial charge < -0.3 is 14.5 Å². The maximum atomic E-state index is 13.0. The van der Waals surface area contributed by atoms with Crippen molar-refractivity contribution in [1.29, 1.82) is 0 Å². The number of aliphatic hydroxyl groups is 1. The zero-order valence-electron chi connectivity index (χ0n) is 17.9. The number of nitrogens with zero attached hydrogens (tertiary/aromatic N) is 4. The summed E-state index contributed by atoms with van der Waals surface area (Å²) in [5.74, 6) is 0.944. The monoisotopic (exact) mass is 440 g/mol. The summed E-state index contributed by atoms with van der Waals surface area (Å²) < 4.78 is 7.24. The van der Waals surface area contributed by atoms with Crippen LogP contribution in [0.25, 0.3) is 11.0 Å². The van der Waals surface area contributed by atoms with Gasteiger partial charge >= 0.3 is 0 Å². The van der Waals surface area contributed by atoms with Crippen molar-refractivity contribution in [2.45, 2.75) is 57.6 Å². The van der Waals surface area contributed by atoms with E-state index in [1.54, 1.807) is 4.57 Å². The summed E-state index contributed by atoms with van der Waals surface area (Å²) in [6.45, 7) is 5.36. The molecule has 31 heavy (non-hydrogen) atoms. The first-order valence-corrected chi connectivity index (χ1v) is 11.7. The first-order chi connectivity index (χ1) is 15.0. The van der Waals surface area contributed by atoms with Crippen molar-refractivity contribution in [1.82, 2.24) is 19.6 Å². The number of aromatic nitrogens is 3. The number of benzene rings is 1. The molecule has 4 heterocycles. The van der Waals surface area contributed by atoms with Gasteiger partial charge in [0.25, 0.3) is 5.56 Å². The summed E-state index contributed by atoms with van der Waals surface area (Å²) in [5.41, 5.74) is 3.50. The molecule has 0 amide bonds. The minimum absolute atomic E-state index is 0.0265. The smallest absolute Gasteiger partial charge is 0.257 e. The Labute approximate surface area is 183 Å². The molecule has 7 nitrogen and oxygen atoms in total. The zero-order chi connectivity index (χ0) is 21.5. The third-order valence-corrected chi connectivity index (χ3v) is 7.19. The number of hydrogen-bond acceptors (Lipinski definition) is 6. The van der Waals surface area contributed by atoms with Crippen LogP contribution in [0.5, 0.6) is 0 Å². The Hall–Kier alpha value is -2.08. The van der Waals surface area contributed by atoms with Gasteiger partial charge in [-0.15, -0.1) is 9.24 Å². The molecule has 2 aliphatic heterocycles. The predicted molar refractivity (Wildman–Crippen MR) is 123 cm³/mol. The fourth-order valence-corrected chi connectivity index (χ4v) is 5.27. The van der Waals surface area contributed by atoms with Crippen molar-refractivity contribution < 1.29 is 9.63 Å². The highest BCUT2D eigenvalue weighted by Crippen LogP contribution is 2.32. The third-order valence-electron chi connectivity index (χ3n) is 6.83.